The largest absolute Gasteiger partial charge is 0.481 e. The van der Waals surface area contributed by atoms with Gasteiger partial charge in [-0.1, -0.05) is 30.3 Å². The number of hydrogen-bond acceptors (Lipinski definition) is 6. The lowest BCUT2D eigenvalue weighted by molar-refractivity contribution is -0.152. The van der Waals surface area contributed by atoms with E-state index in [-0.39, 0.29) is 53.6 Å². The van der Waals surface area contributed by atoms with Gasteiger partial charge in [-0.05, 0) is 37.3 Å². The molecule has 0 saturated carbocycles. The van der Waals surface area contributed by atoms with Crippen LogP contribution in [0, 0.1) is 11.7 Å². The Hall–Kier alpha value is -3.75. The molecule has 2 aromatic heterocycles. The average Bonchev–Trinajstić information content (AvgIpc) is 3.45. The molecule has 5 rings (SSSR count). The van der Waals surface area contributed by atoms with Crippen molar-refractivity contribution >= 4 is 11.9 Å². The Morgan fingerprint density at radius 3 is 2.59 bits per heavy atom. The van der Waals surface area contributed by atoms with Gasteiger partial charge < -0.3 is 14.4 Å². The number of nitrogens with zero attached hydrogens (tertiary/aromatic N) is 3. The second-order valence-electron chi connectivity index (χ2n) is 8.73. The summed E-state index contributed by atoms with van der Waals surface area (Å²) in [6, 6.07) is 12.5. The van der Waals surface area contributed by atoms with Crippen molar-refractivity contribution in [2.24, 2.45) is 5.92 Å². The van der Waals surface area contributed by atoms with Gasteiger partial charge in [-0.15, -0.1) is 0 Å². The summed E-state index contributed by atoms with van der Waals surface area (Å²) in [5, 5.41) is 6.89. The monoisotopic (exact) mass is 464 g/mol. The zero-order chi connectivity index (χ0) is 23.7. The lowest BCUT2D eigenvalue weighted by atomic mass is 9.90. The number of halogens is 1. The van der Waals surface area contributed by atoms with Gasteiger partial charge in [-0.25, -0.2) is 9.37 Å². The molecule has 9 heteroatoms. The summed E-state index contributed by atoms with van der Waals surface area (Å²) in [6.45, 7) is 0.251. The molecule has 2 aliphatic rings. The Labute approximate surface area is 196 Å². The molecular weight excluding hydrogens is 439 g/mol. The highest BCUT2D eigenvalue weighted by molar-refractivity contribution is 5.94. The number of amides is 1. The molecule has 0 spiro atoms. The maximum Gasteiger partial charge on any atom is 0.309 e. The summed E-state index contributed by atoms with van der Waals surface area (Å²) >= 11 is 0. The maximum atomic E-state index is 14.3. The molecule has 2 bridgehead atoms. The first kappa shape index (κ1) is 22.1. The number of esters is 1. The second-order valence-corrected chi connectivity index (χ2v) is 8.73. The van der Waals surface area contributed by atoms with Crippen molar-refractivity contribution < 1.29 is 23.5 Å². The first-order chi connectivity index (χ1) is 16.5. The minimum absolute atomic E-state index is 0.0431. The first-order valence-corrected chi connectivity index (χ1v) is 11.3. The Balaban J connectivity index is 1.26. The van der Waals surface area contributed by atoms with Crippen LogP contribution in [0.1, 0.15) is 41.7 Å². The van der Waals surface area contributed by atoms with Crippen molar-refractivity contribution in [2.75, 3.05) is 7.11 Å². The molecular formula is C25H25FN4O4. The van der Waals surface area contributed by atoms with Gasteiger partial charge >= 0.3 is 5.97 Å². The van der Waals surface area contributed by atoms with Crippen LogP contribution in [0.25, 0.3) is 11.3 Å². The van der Waals surface area contributed by atoms with Crippen molar-refractivity contribution in [2.45, 2.75) is 44.4 Å². The molecule has 3 aromatic rings. The lowest BCUT2D eigenvalue weighted by Crippen LogP contribution is -2.48. The van der Waals surface area contributed by atoms with Crippen molar-refractivity contribution in [3.8, 4) is 17.1 Å². The van der Waals surface area contributed by atoms with Gasteiger partial charge in [0.05, 0.1) is 24.9 Å². The van der Waals surface area contributed by atoms with E-state index in [1.165, 1.54) is 13.2 Å². The zero-order valence-corrected chi connectivity index (χ0v) is 18.7. The van der Waals surface area contributed by atoms with Crippen LogP contribution in [0.3, 0.4) is 0 Å². The van der Waals surface area contributed by atoms with Gasteiger partial charge in [0.1, 0.15) is 6.61 Å². The number of aromatic amines is 1. The van der Waals surface area contributed by atoms with Gasteiger partial charge in [-0.2, -0.15) is 5.10 Å². The molecule has 1 amide bonds. The molecule has 1 aromatic carbocycles. The number of H-pyrrole nitrogens is 1. The van der Waals surface area contributed by atoms with Crippen molar-refractivity contribution in [1.29, 1.82) is 0 Å². The summed E-state index contributed by atoms with van der Waals surface area (Å²) in [7, 11) is 1.45. The highest BCUT2D eigenvalue weighted by atomic mass is 19.1. The van der Waals surface area contributed by atoms with E-state index >= 15 is 0 Å². The first-order valence-electron chi connectivity index (χ1n) is 11.3. The van der Waals surface area contributed by atoms with Crippen molar-refractivity contribution in [1.82, 2.24) is 20.1 Å². The fraction of sp³-hybridized carbons (Fsp3) is 0.360. The van der Waals surface area contributed by atoms with E-state index in [0.717, 1.165) is 24.6 Å². The highest BCUT2D eigenvalue weighted by Gasteiger charge is 2.46. The second kappa shape index (κ2) is 9.24. The molecule has 34 heavy (non-hydrogen) atoms. The van der Waals surface area contributed by atoms with E-state index in [9.17, 15) is 14.0 Å². The molecule has 0 aliphatic carbocycles. The number of rotatable bonds is 6. The van der Waals surface area contributed by atoms with E-state index in [2.05, 4.69) is 15.2 Å². The van der Waals surface area contributed by atoms with Gasteiger partial charge in [-0.3, -0.25) is 14.7 Å². The molecule has 4 heterocycles. The fourth-order valence-electron chi connectivity index (χ4n) is 4.99. The van der Waals surface area contributed by atoms with Crippen LogP contribution in [-0.2, 0) is 16.1 Å². The quantitative estimate of drug-likeness (QED) is 0.558. The van der Waals surface area contributed by atoms with Crippen molar-refractivity contribution in [3.05, 3.63) is 65.7 Å². The number of carbonyl (C=O) groups is 2. The van der Waals surface area contributed by atoms with Crippen LogP contribution in [0.2, 0.25) is 0 Å². The predicted octanol–water partition coefficient (Wildman–Crippen LogP) is 3.75. The summed E-state index contributed by atoms with van der Waals surface area (Å²) in [6.07, 6.45) is 3.89. The lowest BCUT2D eigenvalue weighted by Gasteiger charge is -2.37. The van der Waals surface area contributed by atoms with Crippen LogP contribution in [0.5, 0.6) is 5.88 Å². The van der Waals surface area contributed by atoms with Gasteiger partial charge in [0.2, 0.25) is 5.88 Å². The summed E-state index contributed by atoms with van der Waals surface area (Å²) in [5.41, 5.74) is 1.76. The number of methoxy groups -OCH3 is 1. The van der Waals surface area contributed by atoms with Gasteiger partial charge in [0.15, 0.2) is 11.5 Å². The molecule has 2 aliphatic heterocycles. The van der Waals surface area contributed by atoms with Crippen LogP contribution in [0.4, 0.5) is 4.39 Å². The molecule has 8 nitrogen and oxygen atoms in total. The molecule has 3 atom stereocenters. The average molecular weight is 464 g/mol. The third-order valence-electron chi connectivity index (χ3n) is 6.65. The van der Waals surface area contributed by atoms with Crippen LogP contribution >= 0.6 is 0 Å². The molecule has 2 fully saturated rings. The number of ether oxygens (including phenoxy) is 2. The number of benzene rings is 1. The fourth-order valence-corrected chi connectivity index (χ4v) is 4.99. The van der Waals surface area contributed by atoms with E-state index in [0.29, 0.717) is 18.5 Å². The van der Waals surface area contributed by atoms with Crippen LogP contribution in [0.15, 0.2) is 48.7 Å². The minimum Gasteiger partial charge on any atom is -0.481 e. The third kappa shape index (κ3) is 4.25. The Morgan fingerprint density at radius 2 is 1.88 bits per heavy atom. The van der Waals surface area contributed by atoms with E-state index < -0.39 is 5.82 Å². The highest BCUT2D eigenvalue weighted by Crippen LogP contribution is 2.40. The number of aromatic nitrogens is 3. The summed E-state index contributed by atoms with van der Waals surface area (Å²) in [4.78, 5) is 31.7. The molecule has 1 unspecified atom stereocenters. The van der Waals surface area contributed by atoms with E-state index in [4.69, 9.17) is 9.47 Å². The molecule has 176 valence electrons. The summed E-state index contributed by atoms with van der Waals surface area (Å²) in [5.74, 6) is -0.931. The normalized spacial score (nSPS) is 21.4. The smallest absolute Gasteiger partial charge is 0.309 e. The number of piperidine rings is 1. The van der Waals surface area contributed by atoms with E-state index in [1.807, 2.05) is 35.2 Å². The number of fused-ring (bicyclic) bond motifs is 2. The number of hydrogen-bond donors (Lipinski definition) is 1. The Morgan fingerprint density at radius 1 is 1.15 bits per heavy atom. The van der Waals surface area contributed by atoms with E-state index in [1.54, 1.807) is 6.07 Å². The zero-order valence-electron chi connectivity index (χ0n) is 18.7. The molecule has 1 N–H and O–H groups in total. The topological polar surface area (TPSA) is 97.4 Å². The van der Waals surface area contributed by atoms with Gasteiger partial charge in [0, 0.05) is 23.7 Å². The Bertz CT molecular complexity index is 1180. The third-order valence-corrected chi connectivity index (χ3v) is 6.65. The predicted molar refractivity (Wildman–Crippen MR) is 120 cm³/mol. The standard InChI is InChI=1S/C25H25FN4O4/c1-33-23-11-19(20(26)13-27-23)21-12-22(29-28-21)24(31)30-17-7-8-18(30)10-16(9-17)25(32)34-14-15-5-3-2-4-6-15/h2-6,11-13,16-18H,7-10,14H2,1H3,(H,28,29)/t16?,17-,18+. The van der Waals surface area contributed by atoms with Crippen LogP contribution in [-0.4, -0.2) is 51.2 Å². The van der Waals surface area contributed by atoms with Crippen molar-refractivity contribution in [3.63, 3.8) is 0 Å². The molecule has 0 radical (unpaired) electrons. The number of nitrogens with one attached hydrogen (secondary N) is 1. The minimum atomic E-state index is -0.543. The van der Waals surface area contributed by atoms with Gasteiger partial charge in [0.25, 0.3) is 5.91 Å². The van der Waals surface area contributed by atoms with Crippen LogP contribution < -0.4 is 4.74 Å². The molecule has 2 saturated heterocycles. The number of pyridine rings is 1. The number of carbonyl (C=O) groups excluding carboxylic acids is 2. The Kier molecular flexibility index (Phi) is 6.00. The SMILES string of the molecule is COc1cc(-c2cc(C(=O)N3[C@@H]4CC[C@H]3CC(C(=O)OCc3ccccc3)C4)n[nH]2)c(F)cn1. The summed E-state index contributed by atoms with van der Waals surface area (Å²) < 4.78 is 24.9. The maximum absolute atomic E-state index is 14.3.